The minimum Gasteiger partial charge on any atom is -0.543 e. The summed E-state index contributed by atoms with van der Waals surface area (Å²) in [4.78, 5) is 45.4. The van der Waals surface area contributed by atoms with Gasteiger partial charge in [-0.1, -0.05) is 16.9 Å². The number of amides is 2. The number of rotatable bonds is 5. The van der Waals surface area contributed by atoms with Gasteiger partial charge in [-0.3, -0.25) is 19.9 Å². The van der Waals surface area contributed by atoms with E-state index in [1.54, 1.807) is 0 Å². The van der Waals surface area contributed by atoms with Crippen molar-refractivity contribution in [2.75, 3.05) is 18.6 Å². The molecule has 1 saturated heterocycles. The van der Waals surface area contributed by atoms with Crippen LogP contribution in [0.25, 0.3) is 0 Å². The van der Waals surface area contributed by atoms with E-state index in [4.69, 9.17) is 5.41 Å². The van der Waals surface area contributed by atoms with E-state index >= 15 is 0 Å². The fraction of sp³-hybridized carbons (Fsp3) is 0.385. The van der Waals surface area contributed by atoms with Crippen LogP contribution in [0, 0.1) is 5.41 Å². The Labute approximate surface area is 178 Å². The van der Waals surface area contributed by atoms with E-state index in [2.05, 4.69) is 20.3 Å². The number of oxime groups is 1. The number of β-lactam (4-membered cyclic amide) rings is 1. The molecule has 132 valence electrons. The number of thioether (sulfide) groups is 2. The van der Waals surface area contributed by atoms with Crippen molar-refractivity contribution in [1.82, 2.24) is 10.2 Å². The molecule has 3 rings (SSSR count). The predicted octanol–water partition coefficient (Wildman–Crippen LogP) is -4.85. The number of carboxylic acids is 1. The summed E-state index contributed by atoms with van der Waals surface area (Å²) in [5, 5.41) is 24.3. The van der Waals surface area contributed by atoms with Gasteiger partial charge in [0.25, 0.3) is 11.8 Å². The number of amidine groups is 1. The molecule has 0 aliphatic carbocycles. The van der Waals surface area contributed by atoms with E-state index in [1.807, 2.05) is 0 Å². The molecule has 0 aromatic carbocycles. The van der Waals surface area contributed by atoms with Crippen LogP contribution in [0.5, 0.6) is 0 Å². The van der Waals surface area contributed by atoms with Crippen LogP contribution in [-0.2, 0) is 19.2 Å². The first-order valence-electron chi connectivity index (χ1n) is 7.01. The number of aliphatic imine (C=N–C) groups is 1. The zero-order chi connectivity index (χ0) is 18.1. The van der Waals surface area contributed by atoms with E-state index in [-0.39, 0.29) is 51.8 Å². The van der Waals surface area contributed by atoms with Crippen molar-refractivity contribution < 1.29 is 53.9 Å². The summed E-state index contributed by atoms with van der Waals surface area (Å²) in [6, 6.07) is -0.878. The predicted molar refractivity (Wildman–Crippen MR) is 90.2 cm³/mol. The molecule has 0 radical (unpaired) electrons. The molecule has 0 saturated carbocycles. The van der Waals surface area contributed by atoms with Crippen molar-refractivity contribution in [3.05, 3.63) is 11.8 Å². The third-order valence-electron chi connectivity index (χ3n) is 3.60. The normalized spacial score (nSPS) is 24.7. The number of carbonyl (C=O) groups excluding carboxylic acids is 3. The van der Waals surface area contributed by atoms with Gasteiger partial charge >= 0.3 is 29.6 Å². The summed E-state index contributed by atoms with van der Waals surface area (Å²) in [6.07, 6.45) is 1.40. The van der Waals surface area contributed by atoms with Gasteiger partial charge in [0, 0.05) is 11.5 Å². The number of aliphatic carboxylic acids is 1. The first-order valence-corrected chi connectivity index (χ1v) is 9.05. The second kappa shape index (κ2) is 8.57. The second-order valence-electron chi connectivity index (χ2n) is 5.03. The first kappa shape index (κ1) is 21.0. The molecule has 3 aliphatic rings. The Bertz CT molecular complexity index is 768. The molecule has 0 unspecified atom stereocenters. The van der Waals surface area contributed by atoms with Gasteiger partial charge in [0.1, 0.15) is 18.5 Å². The standard InChI is InChI=1S/C13H13N5O5S2.Na/c1-23-17-7(5-4-25-13(14)15-5)9(19)16-8-10(20)18-6(12(21)22)2-3-24-11(8)18;/h2,8,11,14H,3-4H2,1H3,(H,16,19)(H,21,22);/q;+1/p-1/b14-13?,17-7-;/t8-,11-;/m1./s1. The van der Waals surface area contributed by atoms with Gasteiger partial charge < -0.3 is 20.1 Å². The maximum Gasteiger partial charge on any atom is 1.00 e. The van der Waals surface area contributed by atoms with Crippen molar-refractivity contribution >= 4 is 57.9 Å². The summed E-state index contributed by atoms with van der Waals surface area (Å²) >= 11 is 2.47. The molecule has 2 N–H and O–H groups in total. The second-order valence-corrected chi connectivity index (χ2v) is 7.15. The average molecular weight is 405 g/mol. The monoisotopic (exact) mass is 405 g/mol. The molecule has 3 aliphatic heterocycles. The van der Waals surface area contributed by atoms with Crippen LogP contribution in [0.2, 0.25) is 0 Å². The molecule has 0 aromatic rings. The Hall–Kier alpha value is -1.34. The maximum absolute atomic E-state index is 12.5. The van der Waals surface area contributed by atoms with Crippen molar-refractivity contribution in [2.24, 2.45) is 10.1 Å². The van der Waals surface area contributed by atoms with Crippen LogP contribution < -0.4 is 40.0 Å². The molecule has 10 nitrogen and oxygen atoms in total. The van der Waals surface area contributed by atoms with Gasteiger partial charge in [0.05, 0.1) is 17.4 Å². The Balaban J connectivity index is 0.00000243. The molecular weight excluding hydrogens is 393 g/mol. The maximum atomic E-state index is 12.5. The minimum atomic E-state index is -1.43. The van der Waals surface area contributed by atoms with Crippen LogP contribution in [-0.4, -0.2) is 69.3 Å². The molecule has 0 spiro atoms. The van der Waals surface area contributed by atoms with Gasteiger partial charge in [-0.25, -0.2) is 4.99 Å². The van der Waals surface area contributed by atoms with E-state index in [9.17, 15) is 19.5 Å². The molecule has 3 heterocycles. The summed E-state index contributed by atoms with van der Waals surface area (Å²) in [5.74, 6) is -1.94. The summed E-state index contributed by atoms with van der Waals surface area (Å²) in [7, 11) is 1.27. The molecule has 2 amide bonds. The topological polar surface area (TPSA) is 147 Å². The zero-order valence-electron chi connectivity index (χ0n) is 13.8. The Morgan fingerprint density at radius 2 is 2.27 bits per heavy atom. The molecule has 26 heavy (non-hydrogen) atoms. The first-order chi connectivity index (χ1) is 11.9. The van der Waals surface area contributed by atoms with Gasteiger partial charge in [-0.05, 0) is 6.08 Å². The third kappa shape index (κ3) is 3.83. The smallest absolute Gasteiger partial charge is 0.543 e. The van der Waals surface area contributed by atoms with Crippen LogP contribution in [0.4, 0.5) is 0 Å². The molecule has 0 bridgehead atoms. The Morgan fingerprint density at radius 3 is 2.85 bits per heavy atom. The molecule has 13 heteroatoms. The van der Waals surface area contributed by atoms with Crippen molar-refractivity contribution in [3.63, 3.8) is 0 Å². The molecule has 1 fully saturated rings. The van der Waals surface area contributed by atoms with Gasteiger partial charge in [0.15, 0.2) is 10.9 Å². The van der Waals surface area contributed by atoms with E-state index in [0.717, 1.165) is 16.7 Å². The number of hydrogen-bond donors (Lipinski definition) is 2. The average Bonchev–Trinajstić information content (AvgIpc) is 3.02. The number of hydrogen-bond acceptors (Lipinski definition) is 9. The Kier molecular flexibility index (Phi) is 6.91. The quantitative estimate of drug-likeness (QED) is 0.202. The van der Waals surface area contributed by atoms with Crippen molar-refractivity contribution in [3.8, 4) is 0 Å². The van der Waals surface area contributed by atoms with Gasteiger partial charge in [0.2, 0.25) is 0 Å². The number of nitrogens with zero attached hydrogens (tertiary/aromatic N) is 3. The number of carbonyl (C=O) groups is 3. The Morgan fingerprint density at radius 1 is 1.54 bits per heavy atom. The van der Waals surface area contributed by atoms with Crippen molar-refractivity contribution in [1.29, 1.82) is 5.41 Å². The van der Waals surface area contributed by atoms with Crippen LogP contribution in [0.3, 0.4) is 0 Å². The van der Waals surface area contributed by atoms with Gasteiger partial charge in [-0.15, -0.1) is 11.8 Å². The summed E-state index contributed by atoms with van der Waals surface area (Å²) < 4.78 is 0. The van der Waals surface area contributed by atoms with Crippen LogP contribution in [0.15, 0.2) is 21.9 Å². The van der Waals surface area contributed by atoms with Crippen LogP contribution in [0.1, 0.15) is 0 Å². The van der Waals surface area contributed by atoms with Gasteiger partial charge in [-0.2, -0.15) is 0 Å². The number of carboxylic acid groups (broad SMARTS) is 1. The van der Waals surface area contributed by atoms with E-state index < -0.39 is 29.2 Å². The van der Waals surface area contributed by atoms with Crippen LogP contribution >= 0.6 is 23.5 Å². The van der Waals surface area contributed by atoms with E-state index in [0.29, 0.717) is 11.5 Å². The molecular formula is C13H12N5NaO5S2. The van der Waals surface area contributed by atoms with E-state index in [1.165, 1.54) is 24.9 Å². The number of nitrogens with one attached hydrogen (secondary N) is 2. The minimum absolute atomic E-state index is 0. The summed E-state index contributed by atoms with van der Waals surface area (Å²) in [5.41, 5.74) is -0.0142. The molecule has 0 aromatic heterocycles. The zero-order valence-corrected chi connectivity index (χ0v) is 17.5. The number of fused-ring (bicyclic) bond motifs is 1. The SMILES string of the molecule is CO/N=C(\C(=O)N[C@@H]1C(=O)N2C(C(=O)[O-])=CCS[C@H]12)C1=NC(=N)SC1.[Na+]. The summed E-state index contributed by atoms with van der Waals surface area (Å²) in [6.45, 7) is 0. The molecule has 2 atom stereocenters. The third-order valence-corrected chi connectivity index (χ3v) is 5.56. The largest absolute Gasteiger partial charge is 1.00 e. The fourth-order valence-corrected chi connectivity index (χ4v) is 4.34. The van der Waals surface area contributed by atoms with Crippen molar-refractivity contribution in [2.45, 2.75) is 11.4 Å². The fourth-order valence-electron chi connectivity index (χ4n) is 2.50.